The van der Waals surface area contributed by atoms with E-state index in [4.69, 9.17) is 34.9 Å². The molecule has 0 amide bonds. The van der Waals surface area contributed by atoms with Crippen molar-refractivity contribution >= 4 is 23.2 Å². The van der Waals surface area contributed by atoms with E-state index in [-0.39, 0.29) is 12.1 Å². The molecule has 3 fully saturated rings. The van der Waals surface area contributed by atoms with Gasteiger partial charge in [-0.2, -0.15) is 4.98 Å². The van der Waals surface area contributed by atoms with Crippen molar-refractivity contribution in [3.63, 3.8) is 0 Å². The lowest BCUT2D eigenvalue weighted by atomic mass is 9.91. The number of allylic oxidation sites excluding steroid dienone is 1. The van der Waals surface area contributed by atoms with Crippen molar-refractivity contribution in [2.75, 3.05) is 44.8 Å². The van der Waals surface area contributed by atoms with Gasteiger partial charge in [0.2, 0.25) is 11.8 Å². The first kappa shape index (κ1) is 27.7. The molecule has 218 valence electrons. The van der Waals surface area contributed by atoms with Crippen molar-refractivity contribution in [2.45, 2.75) is 63.3 Å². The number of hydrogen-bond acceptors (Lipinski definition) is 9. The molecule has 3 aromatic rings. The van der Waals surface area contributed by atoms with Gasteiger partial charge in [-0.15, -0.1) is 0 Å². The molecule has 2 saturated heterocycles. The van der Waals surface area contributed by atoms with Crippen LogP contribution in [0, 0.1) is 0 Å². The van der Waals surface area contributed by atoms with E-state index in [1.54, 1.807) is 6.21 Å². The van der Waals surface area contributed by atoms with Crippen molar-refractivity contribution in [1.82, 2.24) is 19.4 Å². The molecule has 41 heavy (non-hydrogen) atoms. The Labute approximate surface area is 241 Å². The number of ether oxygens (including phenoxy) is 3. The predicted octanol–water partition coefficient (Wildman–Crippen LogP) is 3.96. The maximum absolute atomic E-state index is 6.70. The van der Waals surface area contributed by atoms with Gasteiger partial charge in [0.1, 0.15) is 11.6 Å². The van der Waals surface area contributed by atoms with E-state index in [9.17, 15) is 0 Å². The third-order valence-electron chi connectivity index (χ3n) is 8.31. The Hall–Kier alpha value is -3.47. The molecule has 0 spiro atoms. The molecule has 3 aliphatic rings. The smallest absolute Gasteiger partial charge is 0.243 e. The largest absolute Gasteiger partial charge is 0.473 e. The summed E-state index contributed by atoms with van der Waals surface area (Å²) in [7, 11) is 0. The highest BCUT2D eigenvalue weighted by atomic mass is 16.5. The van der Waals surface area contributed by atoms with E-state index in [2.05, 4.69) is 45.2 Å². The monoisotopic (exact) mass is 559 g/mol. The van der Waals surface area contributed by atoms with Crippen molar-refractivity contribution in [3.8, 4) is 5.88 Å². The Morgan fingerprint density at radius 3 is 2.49 bits per heavy atom. The molecule has 2 aliphatic heterocycles. The summed E-state index contributed by atoms with van der Waals surface area (Å²) in [6, 6.07) is 13.3. The Morgan fingerprint density at radius 2 is 1.73 bits per heavy atom. The second-order valence-corrected chi connectivity index (χ2v) is 11.1. The van der Waals surface area contributed by atoms with Gasteiger partial charge in [0.25, 0.3) is 0 Å². The number of rotatable bonds is 9. The molecule has 0 atom stereocenters. The molecule has 1 saturated carbocycles. The van der Waals surface area contributed by atoms with Crippen LogP contribution in [0.4, 0.5) is 5.95 Å². The Bertz CT molecular complexity index is 1320. The normalized spacial score (nSPS) is 23.3. The topological polar surface area (TPSA) is 112 Å². The molecule has 10 heteroatoms. The fourth-order valence-corrected chi connectivity index (χ4v) is 6.02. The predicted molar refractivity (Wildman–Crippen MR) is 160 cm³/mol. The first-order valence-electron chi connectivity index (χ1n) is 14.9. The van der Waals surface area contributed by atoms with Gasteiger partial charge in [-0.1, -0.05) is 30.3 Å². The zero-order chi connectivity index (χ0) is 27.9. The van der Waals surface area contributed by atoms with E-state index < -0.39 is 0 Å². The van der Waals surface area contributed by atoms with Crippen LogP contribution >= 0.6 is 0 Å². The van der Waals surface area contributed by atoms with Gasteiger partial charge in [-0.05, 0) is 50.2 Å². The third-order valence-corrected chi connectivity index (χ3v) is 8.31. The number of morpholine rings is 1. The van der Waals surface area contributed by atoms with Crippen LogP contribution in [0.2, 0.25) is 0 Å². The number of anilines is 1. The molecule has 4 heterocycles. The zero-order valence-corrected chi connectivity index (χ0v) is 23.7. The molecule has 1 aliphatic carbocycles. The Morgan fingerprint density at radius 1 is 0.976 bits per heavy atom. The van der Waals surface area contributed by atoms with Gasteiger partial charge < -0.3 is 29.8 Å². The minimum Gasteiger partial charge on any atom is -0.473 e. The van der Waals surface area contributed by atoms with Crippen LogP contribution in [-0.2, 0) is 16.0 Å². The lowest BCUT2D eigenvalue weighted by Gasteiger charge is -2.38. The zero-order valence-electron chi connectivity index (χ0n) is 23.7. The first-order valence-corrected chi connectivity index (χ1v) is 14.9. The number of hydrogen-bond donors (Lipinski definition) is 2. The SMILES string of the molecule is NC=C(C=NC1CCOCC1)Nc1nc(OC2CCC(N3CCOCC3)CC2)c2c(ccn2Cc2ccccc2)n1. The number of aromatic nitrogens is 3. The summed E-state index contributed by atoms with van der Waals surface area (Å²) >= 11 is 0. The molecule has 6 rings (SSSR count). The van der Waals surface area contributed by atoms with Gasteiger partial charge in [-0.3, -0.25) is 9.89 Å². The number of aliphatic imine (C=N–C) groups is 1. The lowest BCUT2D eigenvalue weighted by molar-refractivity contribution is -0.00127. The van der Waals surface area contributed by atoms with Crippen molar-refractivity contribution in [2.24, 2.45) is 10.7 Å². The van der Waals surface area contributed by atoms with Crippen molar-refractivity contribution in [3.05, 3.63) is 60.1 Å². The quantitative estimate of drug-likeness (QED) is 0.379. The number of nitrogens with zero attached hydrogens (tertiary/aromatic N) is 5. The van der Waals surface area contributed by atoms with Crippen LogP contribution in [-0.4, -0.2) is 83.4 Å². The van der Waals surface area contributed by atoms with Gasteiger partial charge in [0.15, 0.2) is 0 Å². The molecular weight excluding hydrogens is 518 g/mol. The van der Waals surface area contributed by atoms with E-state index in [1.807, 2.05) is 12.1 Å². The molecular formula is C31H41N7O3. The summed E-state index contributed by atoms with van der Waals surface area (Å²) in [4.78, 5) is 17.0. The van der Waals surface area contributed by atoms with E-state index >= 15 is 0 Å². The molecule has 0 bridgehead atoms. The number of nitrogens with one attached hydrogen (secondary N) is 1. The van der Waals surface area contributed by atoms with Crippen molar-refractivity contribution < 1.29 is 14.2 Å². The minimum absolute atomic E-state index is 0.109. The summed E-state index contributed by atoms with van der Waals surface area (Å²) in [5, 5.41) is 3.27. The van der Waals surface area contributed by atoms with Crippen LogP contribution in [0.1, 0.15) is 44.1 Å². The highest BCUT2D eigenvalue weighted by Gasteiger charge is 2.29. The second kappa shape index (κ2) is 13.5. The standard InChI is InChI=1S/C31H41N7O3/c32-20-25(21-33-24-11-16-39-17-12-24)34-31-35-28-10-13-38(22-23-4-2-1-3-5-23)29(28)30(36-31)41-27-8-6-26(7-9-27)37-14-18-40-19-15-37/h1-5,10,13,20-21,24,26-27H,6-9,11-12,14-19,22,32H2,(H,34,35,36). The summed E-state index contributed by atoms with van der Waals surface area (Å²) in [5.74, 6) is 1.05. The highest BCUT2D eigenvalue weighted by Crippen LogP contribution is 2.31. The lowest BCUT2D eigenvalue weighted by Crippen LogP contribution is -2.46. The van der Waals surface area contributed by atoms with E-state index in [1.165, 1.54) is 11.8 Å². The average molecular weight is 560 g/mol. The van der Waals surface area contributed by atoms with Gasteiger partial charge in [0.05, 0.1) is 30.5 Å². The van der Waals surface area contributed by atoms with Crippen LogP contribution in [0.5, 0.6) is 5.88 Å². The Balaban J connectivity index is 1.22. The Kier molecular flexibility index (Phi) is 9.09. The van der Waals surface area contributed by atoms with Gasteiger partial charge in [0, 0.05) is 57.5 Å². The summed E-state index contributed by atoms with van der Waals surface area (Å²) < 4.78 is 19.9. The maximum atomic E-state index is 6.70. The highest BCUT2D eigenvalue weighted by molar-refractivity contribution is 5.85. The molecule has 3 N–H and O–H groups in total. The van der Waals surface area contributed by atoms with Crippen LogP contribution in [0.25, 0.3) is 11.0 Å². The first-order chi connectivity index (χ1) is 20.2. The summed E-state index contributed by atoms with van der Waals surface area (Å²) in [6.07, 6.45) is 11.5. The minimum atomic E-state index is 0.109. The van der Waals surface area contributed by atoms with E-state index in [0.29, 0.717) is 30.1 Å². The molecule has 0 unspecified atom stereocenters. The third kappa shape index (κ3) is 7.06. The molecule has 2 aromatic heterocycles. The van der Waals surface area contributed by atoms with Gasteiger partial charge in [-0.25, -0.2) is 4.98 Å². The van der Waals surface area contributed by atoms with Crippen LogP contribution in [0.15, 0.2) is 59.5 Å². The van der Waals surface area contributed by atoms with E-state index in [0.717, 1.165) is 89.1 Å². The molecule has 0 radical (unpaired) electrons. The number of fused-ring (bicyclic) bond motifs is 1. The summed E-state index contributed by atoms with van der Waals surface area (Å²) in [6.45, 7) is 5.92. The molecule has 10 nitrogen and oxygen atoms in total. The van der Waals surface area contributed by atoms with Gasteiger partial charge >= 0.3 is 0 Å². The second-order valence-electron chi connectivity index (χ2n) is 11.1. The number of nitrogens with two attached hydrogens (primary N) is 1. The average Bonchev–Trinajstić information content (AvgIpc) is 3.43. The van der Waals surface area contributed by atoms with Crippen LogP contribution < -0.4 is 15.8 Å². The van der Waals surface area contributed by atoms with Crippen LogP contribution in [0.3, 0.4) is 0 Å². The van der Waals surface area contributed by atoms with Crippen molar-refractivity contribution in [1.29, 1.82) is 0 Å². The summed E-state index contributed by atoms with van der Waals surface area (Å²) in [5.41, 5.74) is 9.55. The fraction of sp³-hybridized carbons (Fsp3) is 0.516. The fourth-order valence-electron chi connectivity index (χ4n) is 6.02. The maximum Gasteiger partial charge on any atom is 0.243 e. The molecule has 1 aromatic carbocycles. The number of benzene rings is 1.